The van der Waals surface area contributed by atoms with Crippen LogP contribution in [0, 0.1) is 0 Å². The van der Waals surface area contributed by atoms with E-state index < -0.39 is 17.7 Å². The molecule has 0 saturated heterocycles. The quantitative estimate of drug-likeness (QED) is 0.517. The predicted molar refractivity (Wildman–Crippen MR) is 51.4 cm³/mol. The largest absolute Gasteiger partial charge is 0.379 e. The lowest BCUT2D eigenvalue weighted by Gasteiger charge is -2.28. The van der Waals surface area contributed by atoms with Crippen molar-refractivity contribution in [2.24, 2.45) is 5.73 Å². The number of rotatable bonds is 5. The molecule has 1 aliphatic rings. The molecule has 1 rings (SSSR count). The van der Waals surface area contributed by atoms with Crippen LogP contribution in [0.25, 0.3) is 0 Å². The molecular formula is C9H18N2O3. The van der Waals surface area contributed by atoms with Gasteiger partial charge in [0.05, 0.1) is 0 Å². The Bertz CT molecular complexity index is 214. The van der Waals surface area contributed by atoms with Crippen molar-refractivity contribution in [2.75, 3.05) is 6.61 Å². The Hall–Kier alpha value is -0.650. The van der Waals surface area contributed by atoms with Gasteiger partial charge in [-0.3, -0.25) is 4.79 Å². The summed E-state index contributed by atoms with van der Waals surface area (Å²) < 4.78 is 5.08. The summed E-state index contributed by atoms with van der Waals surface area (Å²) in [5.74, 6) is -0.453. The van der Waals surface area contributed by atoms with Crippen molar-refractivity contribution in [3.05, 3.63) is 0 Å². The van der Waals surface area contributed by atoms with Gasteiger partial charge in [0.15, 0.2) is 6.10 Å². The highest BCUT2D eigenvalue weighted by atomic mass is 16.5. The van der Waals surface area contributed by atoms with Gasteiger partial charge >= 0.3 is 0 Å². The summed E-state index contributed by atoms with van der Waals surface area (Å²) in [6, 6.07) is 0.217. The summed E-state index contributed by atoms with van der Waals surface area (Å²) in [5.41, 5.74) is 4.32. The standard InChI is InChI=1S/C9H18N2O3/c1-3-14-9(2,10)7(12)8(13)11-6-4-5-6/h6-7,12H,3-5,10H2,1-2H3,(H,11,13)/t7?,9-/m1/s1. The first kappa shape index (κ1) is 11.4. The number of carbonyl (C=O) groups is 1. The lowest BCUT2D eigenvalue weighted by atomic mass is 10.1. The highest BCUT2D eigenvalue weighted by molar-refractivity contribution is 5.82. The molecule has 14 heavy (non-hydrogen) atoms. The van der Waals surface area contributed by atoms with Gasteiger partial charge in [0, 0.05) is 12.6 Å². The van der Waals surface area contributed by atoms with Crippen LogP contribution in [0.15, 0.2) is 0 Å². The van der Waals surface area contributed by atoms with Crippen LogP contribution in [0.2, 0.25) is 0 Å². The Labute approximate surface area is 83.6 Å². The minimum atomic E-state index is -1.32. The van der Waals surface area contributed by atoms with Crippen molar-refractivity contribution < 1.29 is 14.6 Å². The van der Waals surface area contributed by atoms with Crippen LogP contribution in [0.1, 0.15) is 26.7 Å². The summed E-state index contributed by atoms with van der Waals surface area (Å²) in [6.45, 7) is 3.62. The molecule has 1 saturated carbocycles. The van der Waals surface area contributed by atoms with E-state index in [1.165, 1.54) is 6.92 Å². The van der Waals surface area contributed by atoms with Crippen LogP contribution < -0.4 is 11.1 Å². The first-order valence-corrected chi connectivity index (χ1v) is 4.88. The van der Waals surface area contributed by atoms with Gasteiger partial charge < -0.3 is 20.9 Å². The number of aliphatic hydroxyl groups is 1. The van der Waals surface area contributed by atoms with Gasteiger partial charge in [-0.25, -0.2) is 0 Å². The monoisotopic (exact) mass is 202 g/mol. The van der Waals surface area contributed by atoms with Crippen LogP contribution in [-0.4, -0.2) is 35.5 Å². The van der Waals surface area contributed by atoms with Gasteiger partial charge in [-0.1, -0.05) is 0 Å². The zero-order chi connectivity index (χ0) is 10.8. The van der Waals surface area contributed by atoms with Gasteiger partial charge in [-0.05, 0) is 26.7 Å². The maximum absolute atomic E-state index is 11.4. The molecule has 0 aromatic heterocycles. The van der Waals surface area contributed by atoms with Gasteiger partial charge in [0.1, 0.15) is 5.72 Å². The van der Waals surface area contributed by atoms with E-state index in [-0.39, 0.29) is 6.04 Å². The second-order valence-corrected chi connectivity index (χ2v) is 3.80. The molecular weight excluding hydrogens is 184 g/mol. The second kappa shape index (κ2) is 4.25. The van der Waals surface area contributed by atoms with Gasteiger partial charge in [-0.15, -0.1) is 0 Å². The Morgan fingerprint density at radius 2 is 2.36 bits per heavy atom. The zero-order valence-electron chi connectivity index (χ0n) is 8.62. The molecule has 82 valence electrons. The molecule has 4 N–H and O–H groups in total. The molecule has 0 radical (unpaired) electrons. The fourth-order valence-electron chi connectivity index (χ4n) is 1.16. The predicted octanol–water partition coefficient (Wildman–Crippen LogP) is -0.663. The molecule has 0 spiro atoms. The molecule has 1 amide bonds. The topological polar surface area (TPSA) is 84.6 Å². The average molecular weight is 202 g/mol. The molecule has 1 fully saturated rings. The van der Waals surface area contributed by atoms with Crippen LogP contribution in [0.5, 0.6) is 0 Å². The third kappa shape index (κ3) is 2.94. The van der Waals surface area contributed by atoms with Crippen LogP contribution >= 0.6 is 0 Å². The Morgan fingerprint density at radius 1 is 1.79 bits per heavy atom. The summed E-state index contributed by atoms with van der Waals surface area (Å²) in [5, 5.41) is 12.3. The third-order valence-electron chi connectivity index (χ3n) is 2.17. The molecule has 1 aliphatic carbocycles. The van der Waals surface area contributed by atoms with Gasteiger partial charge in [-0.2, -0.15) is 0 Å². The maximum atomic E-state index is 11.4. The van der Waals surface area contributed by atoms with E-state index >= 15 is 0 Å². The fourth-order valence-corrected chi connectivity index (χ4v) is 1.16. The smallest absolute Gasteiger partial charge is 0.253 e. The van der Waals surface area contributed by atoms with E-state index in [4.69, 9.17) is 10.5 Å². The van der Waals surface area contributed by atoms with E-state index in [1.54, 1.807) is 6.92 Å². The van der Waals surface area contributed by atoms with Crippen molar-refractivity contribution in [1.82, 2.24) is 5.32 Å². The van der Waals surface area contributed by atoms with E-state index in [0.717, 1.165) is 12.8 Å². The number of hydrogen-bond donors (Lipinski definition) is 3. The molecule has 2 atom stereocenters. The first-order valence-electron chi connectivity index (χ1n) is 4.88. The van der Waals surface area contributed by atoms with Crippen molar-refractivity contribution in [3.63, 3.8) is 0 Å². The number of ether oxygens (including phenoxy) is 1. The van der Waals surface area contributed by atoms with Crippen molar-refractivity contribution in [2.45, 2.75) is 44.6 Å². The molecule has 0 aromatic carbocycles. The average Bonchev–Trinajstić information content (AvgIpc) is 2.86. The highest BCUT2D eigenvalue weighted by Gasteiger charge is 2.37. The molecule has 0 bridgehead atoms. The minimum Gasteiger partial charge on any atom is -0.379 e. The normalized spacial score (nSPS) is 22.6. The molecule has 5 heteroatoms. The maximum Gasteiger partial charge on any atom is 0.253 e. The van der Waals surface area contributed by atoms with Crippen LogP contribution in [-0.2, 0) is 9.53 Å². The second-order valence-electron chi connectivity index (χ2n) is 3.80. The third-order valence-corrected chi connectivity index (χ3v) is 2.17. The Balaban J connectivity index is 2.43. The summed E-state index contributed by atoms with van der Waals surface area (Å²) >= 11 is 0. The van der Waals surface area contributed by atoms with E-state index in [2.05, 4.69) is 5.32 Å². The zero-order valence-corrected chi connectivity index (χ0v) is 8.62. The Kier molecular flexibility index (Phi) is 3.47. The number of amides is 1. The van der Waals surface area contributed by atoms with E-state index in [9.17, 15) is 9.90 Å². The first-order chi connectivity index (χ1) is 6.47. The number of nitrogens with one attached hydrogen (secondary N) is 1. The number of nitrogens with two attached hydrogens (primary N) is 1. The number of carbonyl (C=O) groups excluding carboxylic acids is 1. The fraction of sp³-hybridized carbons (Fsp3) is 0.889. The molecule has 0 aromatic rings. The van der Waals surface area contributed by atoms with Crippen molar-refractivity contribution >= 4 is 5.91 Å². The molecule has 0 aliphatic heterocycles. The molecule has 5 nitrogen and oxygen atoms in total. The lowest BCUT2D eigenvalue weighted by Crippen LogP contribution is -2.57. The van der Waals surface area contributed by atoms with Gasteiger partial charge in [0.2, 0.25) is 0 Å². The summed E-state index contributed by atoms with van der Waals surface area (Å²) in [7, 11) is 0. The SMILES string of the molecule is CCO[C@@](C)(N)C(O)C(=O)NC1CC1. The van der Waals surface area contributed by atoms with Gasteiger partial charge in [0.25, 0.3) is 5.91 Å². The van der Waals surface area contributed by atoms with E-state index in [1.807, 2.05) is 0 Å². The highest BCUT2D eigenvalue weighted by Crippen LogP contribution is 2.19. The Morgan fingerprint density at radius 3 is 2.79 bits per heavy atom. The number of hydrogen-bond acceptors (Lipinski definition) is 4. The van der Waals surface area contributed by atoms with Crippen LogP contribution in [0.4, 0.5) is 0 Å². The number of aliphatic hydroxyl groups excluding tert-OH is 1. The van der Waals surface area contributed by atoms with Crippen molar-refractivity contribution in [1.29, 1.82) is 0 Å². The van der Waals surface area contributed by atoms with Crippen LogP contribution in [0.3, 0.4) is 0 Å². The summed E-state index contributed by atoms with van der Waals surface area (Å²) in [4.78, 5) is 11.4. The molecule has 1 unspecified atom stereocenters. The van der Waals surface area contributed by atoms with E-state index in [0.29, 0.717) is 6.61 Å². The minimum absolute atomic E-state index is 0.217. The lowest BCUT2D eigenvalue weighted by molar-refractivity contribution is -0.151. The van der Waals surface area contributed by atoms with Crippen molar-refractivity contribution in [3.8, 4) is 0 Å². The molecule has 0 heterocycles. The summed E-state index contributed by atoms with van der Waals surface area (Å²) in [6.07, 6.45) is 0.644.